The Bertz CT molecular complexity index is 574. The predicted molar refractivity (Wildman–Crippen MR) is 76.0 cm³/mol. The van der Waals surface area contributed by atoms with Crippen LogP contribution in [0.3, 0.4) is 0 Å². The summed E-state index contributed by atoms with van der Waals surface area (Å²) in [6, 6.07) is 6.85. The largest absolute Gasteiger partial charge is 0.424 e. The van der Waals surface area contributed by atoms with Crippen LogP contribution in [0.4, 0.5) is 4.39 Å². The van der Waals surface area contributed by atoms with Crippen molar-refractivity contribution in [1.29, 1.82) is 0 Å². The quantitative estimate of drug-likeness (QED) is 0.785. The van der Waals surface area contributed by atoms with Gasteiger partial charge in [0.05, 0.1) is 13.2 Å². The molecule has 0 fully saturated rings. The number of halogens is 1. The fourth-order valence-corrected chi connectivity index (χ4v) is 2.13. The van der Waals surface area contributed by atoms with Gasteiger partial charge in [-0.3, -0.25) is 4.90 Å². The van der Waals surface area contributed by atoms with Crippen LogP contribution in [-0.2, 0) is 17.8 Å². The number of aryl methyl sites for hydroxylation is 1. The van der Waals surface area contributed by atoms with E-state index in [4.69, 9.17) is 9.15 Å². The van der Waals surface area contributed by atoms with Crippen LogP contribution in [0, 0.1) is 12.7 Å². The van der Waals surface area contributed by atoms with Crippen molar-refractivity contribution in [2.45, 2.75) is 33.0 Å². The molecule has 1 heterocycles. The van der Waals surface area contributed by atoms with E-state index in [-0.39, 0.29) is 11.9 Å². The molecule has 5 nitrogen and oxygen atoms in total. The molecule has 0 saturated carbocycles. The molecule has 0 saturated heterocycles. The first-order chi connectivity index (χ1) is 10.1. The van der Waals surface area contributed by atoms with Gasteiger partial charge in [0.15, 0.2) is 0 Å². The lowest BCUT2D eigenvalue weighted by Crippen LogP contribution is -2.35. The zero-order valence-corrected chi connectivity index (χ0v) is 12.5. The minimum atomic E-state index is -0.214. The molecule has 6 heteroatoms. The van der Waals surface area contributed by atoms with E-state index in [1.807, 2.05) is 13.0 Å². The van der Waals surface area contributed by atoms with Crippen LogP contribution < -0.4 is 0 Å². The lowest BCUT2D eigenvalue weighted by atomic mass is 10.1. The summed E-state index contributed by atoms with van der Waals surface area (Å²) >= 11 is 0. The van der Waals surface area contributed by atoms with Gasteiger partial charge >= 0.3 is 0 Å². The Morgan fingerprint density at radius 1 is 1.29 bits per heavy atom. The number of hydrogen-bond acceptors (Lipinski definition) is 5. The van der Waals surface area contributed by atoms with Gasteiger partial charge in [0.25, 0.3) is 0 Å². The zero-order chi connectivity index (χ0) is 15.2. The SMILES string of the molecule is COC[C@@H](C)N(Cc1nnc(C)o1)Cc1ccccc1F. The first kappa shape index (κ1) is 15.6. The lowest BCUT2D eigenvalue weighted by Gasteiger charge is -2.27. The van der Waals surface area contributed by atoms with Crippen LogP contribution in [0.15, 0.2) is 28.7 Å². The number of benzene rings is 1. The molecule has 1 atom stereocenters. The second kappa shape index (κ2) is 7.28. The van der Waals surface area contributed by atoms with Gasteiger partial charge in [0.2, 0.25) is 11.8 Å². The van der Waals surface area contributed by atoms with Crippen molar-refractivity contribution < 1.29 is 13.5 Å². The number of aromatic nitrogens is 2. The molecule has 0 amide bonds. The van der Waals surface area contributed by atoms with E-state index in [1.165, 1.54) is 6.07 Å². The molecule has 0 bridgehead atoms. The normalized spacial score (nSPS) is 12.8. The fourth-order valence-electron chi connectivity index (χ4n) is 2.13. The summed E-state index contributed by atoms with van der Waals surface area (Å²) in [4.78, 5) is 2.05. The van der Waals surface area contributed by atoms with Crippen molar-refractivity contribution in [2.75, 3.05) is 13.7 Å². The first-order valence-corrected chi connectivity index (χ1v) is 6.85. The molecule has 0 spiro atoms. The molecular formula is C15H20FN3O2. The van der Waals surface area contributed by atoms with Crippen LogP contribution in [0.1, 0.15) is 24.3 Å². The van der Waals surface area contributed by atoms with Crippen LogP contribution >= 0.6 is 0 Å². The highest BCUT2D eigenvalue weighted by atomic mass is 19.1. The van der Waals surface area contributed by atoms with E-state index in [9.17, 15) is 4.39 Å². The van der Waals surface area contributed by atoms with Gasteiger partial charge in [-0.25, -0.2) is 4.39 Å². The Balaban J connectivity index is 2.13. The van der Waals surface area contributed by atoms with Crippen LogP contribution in [-0.4, -0.2) is 34.9 Å². The third kappa shape index (κ3) is 4.34. The molecule has 0 aliphatic rings. The van der Waals surface area contributed by atoms with Crippen LogP contribution in [0.5, 0.6) is 0 Å². The molecule has 0 unspecified atom stereocenters. The highest BCUT2D eigenvalue weighted by Gasteiger charge is 2.19. The molecule has 1 aromatic heterocycles. The lowest BCUT2D eigenvalue weighted by molar-refractivity contribution is 0.0825. The van der Waals surface area contributed by atoms with Crippen molar-refractivity contribution in [3.63, 3.8) is 0 Å². The van der Waals surface area contributed by atoms with Gasteiger partial charge in [0.1, 0.15) is 5.82 Å². The molecule has 0 radical (unpaired) electrons. The maximum absolute atomic E-state index is 13.8. The zero-order valence-electron chi connectivity index (χ0n) is 12.5. The molecule has 2 rings (SSSR count). The van der Waals surface area contributed by atoms with Crippen molar-refractivity contribution in [2.24, 2.45) is 0 Å². The van der Waals surface area contributed by atoms with Crippen LogP contribution in [0.2, 0.25) is 0 Å². The van der Waals surface area contributed by atoms with Gasteiger partial charge in [-0.1, -0.05) is 18.2 Å². The highest BCUT2D eigenvalue weighted by Crippen LogP contribution is 2.15. The van der Waals surface area contributed by atoms with Gasteiger partial charge in [0, 0.05) is 32.2 Å². The maximum Gasteiger partial charge on any atom is 0.230 e. The van der Waals surface area contributed by atoms with Gasteiger partial charge < -0.3 is 9.15 Å². The summed E-state index contributed by atoms with van der Waals surface area (Å²) in [5.74, 6) is 0.829. The summed E-state index contributed by atoms with van der Waals surface area (Å²) in [5, 5.41) is 7.82. The Morgan fingerprint density at radius 2 is 2.05 bits per heavy atom. The number of ether oxygens (including phenoxy) is 1. The molecule has 21 heavy (non-hydrogen) atoms. The second-order valence-corrected chi connectivity index (χ2v) is 5.02. The molecule has 1 aromatic carbocycles. The number of nitrogens with zero attached hydrogens (tertiary/aromatic N) is 3. The Kier molecular flexibility index (Phi) is 5.41. The average molecular weight is 293 g/mol. The number of hydrogen-bond donors (Lipinski definition) is 0. The first-order valence-electron chi connectivity index (χ1n) is 6.85. The van der Waals surface area contributed by atoms with Crippen molar-refractivity contribution >= 4 is 0 Å². The van der Waals surface area contributed by atoms with E-state index < -0.39 is 0 Å². The number of rotatable bonds is 7. The summed E-state index contributed by atoms with van der Waals surface area (Å²) in [7, 11) is 1.65. The van der Waals surface area contributed by atoms with Crippen molar-refractivity contribution in [1.82, 2.24) is 15.1 Å². The minimum Gasteiger partial charge on any atom is -0.424 e. The van der Waals surface area contributed by atoms with Crippen molar-refractivity contribution in [3.05, 3.63) is 47.4 Å². The maximum atomic E-state index is 13.8. The van der Waals surface area contributed by atoms with E-state index in [0.29, 0.717) is 37.0 Å². The Morgan fingerprint density at radius 3 is 2.67 bits per heavy atom. The smallest absolute Gasteiger partial charge is 0.230 e. The van der Waals surface area contributed by atoms with Crippen molar-refractivity contribution in [3.8, 4) is 0 Å². The Hall–Kier alpha value is -1.79. The van der Waals surface area contributed by atoms with E-state index in [2.05, 4.69) is 15.1 Å². The third-order valence-electron chi connectivity index (χ3n) is 3.27. The van der Waals surface area contributed by atoms with Gasteiger partial charge in [-0.2, -0.15) is 0 Å². The molecule has 114 valence electrons. The standard InChI is InChI=1S/C15H20FN3O2/c1-11(10-20-3)19(9-15-18-17-12(2)21-15)8-13-6-4-5-7-14(13)16/h4-7,11H,8-10H2,1-3H3/t11-/m1/s1. The average Bonchev–Trinajstić information content (AvgIpc) is 2.86. The molecule has 0 aliphatic heterocycles. The minimum absolute atomic E-state index is 0.0989. The van der Waals surface area contributed by atoms with Crippen LogP contribution in [0.25, 0.3) is 0 Å². The monoisotopic (exact) mass is 293 g/mol. The Labute approximate surface area is 123 Å². The summed E-state index contributed by atoms with van der Waals surface area (Å²) in [6.45, 7) is 5.23. The van der Waals surface area contributed by atoms with Gasteiger partial charge in [-0.15, -0.1) is 10.2 Å². The van der Waals surface area contributed by atoms with E-state index in [0.717, 1.165) is 0 Å². The highest BCUT2D eigenvalue weighted by molar-refractivity contribution is 5.17. The molecule has 0 N–H and O–H groups in total. The summed E-state index contributed by atoms with van der Waals surface area (Å²) in [6.07, 6.45) is 0. The fraction of sp³-hybridized carbons (Fsp3) is 0.467. The number of methoxy groups -OCH3 is 1. The topological polar surface area (TPSA) is 51.4 Å². The summed E-state index contributed by atoms with van der Waals surface area (Å²) < 4.78 is 24.4. The third-order valence-corrected chi connectivity index (χ3v) is 3.27. The van der Waals surface area contributed by atoms with Gasteiger partial charge in [-0.05, 0) is 13.0 Å². The summed E-state index contributed by atoms with van der Waals surface area (Å²) in [5.41, 5.74) is 0.636. The molecule has 0 aliphatic carbocycles. The van der Waals surface area contributed by atoms with E-state index in [1.54, 1.807) is 26.2 Å². The predicted octanol–water partition coefficient (Wildman–Crippen LogP) is 2.55. The van der Waals surface area contributed by atoms with E-state index >= 15 is 0 Å². The second-order valence-electron chi connectivity index (χ2n) is 5.02. The molecule has 2 aromatic rings. The molecular weight excluding hydrogens is 273 g/mol.